The highest BCUT2D eigenvalue weighted by atomic mass is 19.2. The van der Waals surface area contributed by atoms with Crippen LogP contribution < -0.4 is 4.74 Å². The summed E-state index contributed by atoms with van der Waals surface area (Å²) in [5.74, 6) is 4.21. The van der Waals surface area contributed by atoms with Gasteiger partial charge in [-0.25, -0.2) is 9.37 Å². The topological polar surface area (TPSA) is 22.1 Å². The Labute approximate surface area is 110 Å². The van der Waals surface area contributed by atoms with Crippen molar-refractivity contribution >= 4 is 0 Å². The van der Waals surface area contributed by atoms with Crippen LogP contribution in [-0.2, 0) is 0 Å². The highest BCUT2D eigenvalue weighted by Gasteiger charge is 2.01. The van der Waals surface area contributed by atoms with Gasteiger partial charge in [-0.15, -0.1) is 0 Å². The first-order valence-corrected chi connectivity index (χ1v) is 5.75. The average Bonchev–Trinajstić information content (AvgIpc) is 2.42. The van der Waals surface area contributed by atoms with Crippen molar-refractivity contribution in [3.05, 3.63) is 59.4 Å². The monoisotopic (exact) mass is 259 g/mol. The van der Waals surface area contributed by atoms with E-state index in [4.69, 9.17) is 4.74 Å². The predicted molar refractivity (Wildman–Crippen MR) is 67.7 cm³/mol. The summed E-state index contributed by atoms with van der Waals surface area (Å²) in [6, 6.07) is 8.22. The van der Waals surface area contributed by atoms with Gasteiger partial charge in [-0.3, -0.25) is 0 Å². The lowest BCUT2D eigenvalue weighted by atomic mass is 10.2. The largest absolute Gasteiger partial charge is 0.494 e. The standard InChI is InChI=1S/C15H11F2NO/c1-2-19-13-7-5-11(6-8-13)3-4-12-9-14(16)15(17)18-10-12/h5-10H,2H2,1H3. The van der Waals surface area contributed by atoms with E-state index in [0.717, 1.165) is 17.4 Å². The van der Waals surface area contributed by atoms with E-state index in [9.17, 15) is 8.78 Å². The van der Waals surface area contributed by atoms with E-state index in [1.54, 1.807) is 24.3 Å². The van der Waals surface area contributed by atoms with Crippen LogP contribution in [0.2, 0.25) is 0 Å². The molecule has 2 rings (SSSR count). The van der Waals surface area contributed by atoms with Gasteiger partial charge >= 0.3 is 0 Å². The molecular formula is C15H11F2NO. The lowest BCUT2D eigenvalue weighted by molar-refractivity contribution is 0.340. The molecule has 96 valence electrons. The van der Waals surface area contributed by atoms with E-state index >= 15 is 0 Å². The molecule has 2 aromatic rings. The van der Waals surface area contributed by atoms with Crippen LogP contribution in [0.1, 0.15) is 18.1 Å². The van der Waals surface area contributed by atoms with Gasteiger partial charge in [0.15, 0.2) is 5.82 Å². The zero-order valence-electron chi connectivity index (χ0n) is 10.3. The number of benzene rings is 1. The van der Waals surface area contributed by atoms with Crippen molar-refractivity contribution in [1.29, 1.82) is 0 Å². The maximum Gasteiger partial charge on any atom is 0.248 e. The Balaban J connectivity index is 2.16. The first kappa shape index (κ1) is 13.0. The summed E-state index contributed by atoms with van der Waals surface area (Å²) in [6.45, 7) is 2.51. The van der Waals surface area contributed by atoms with Crippen molar-refractivity contribution in [2.24, 2.45) is 0 Å². The molecule has 0 saturated heterocycles. The van der Waals surface area contributed by atoms with Crippen LogP contribution in [0.15, 0.2) is 36.5 Å². The summed E-state index contributed by atoms with van der Waals surface area (Å²) in [4.78, 5) is 3.27. The molecule has 0 atom stereocenters. The van der Waals surface area contributed by atoms with Crippen LogP contribution in [0.25, 0.3) is 0 Å². The molecule has 0 radical (unpaired) electrons. The molecule has 0 fully saturated rings. The van der Waals surface area contributed by atoms with Gasteiger partial charge in [-0.2, -0.15) is 4.39 Å². The number of halogens is 2. The molecule has 0 amide bonds. The molecule has 19 heavy (non-hydrogen) atoms. The summed E-state index contributed by atoms with van der Waals surface area (Å²) in [6.07, 6.45) is 1.19. The molecule has 0 aliphatic carbocycles. The van der Waals surface area contributed by atoms with Gasteiger partial charge in [0.2, 0.25) is 5.95 Å². The molecule has 0 N–H and O–H groups in total. The molecule has 0 aliphatic heterocycles. The molecular weight excluding hydrogens is 248 g/mol. The number of hydrogen-bond donors (Lipinski definition) is 0. The zero-order valence-corrected chi connectivity index (χ0v) is 10.3. The van der Waals surface area contributed by atoms with E-state index in [1.807, 2.05) is 6.92 Å². The Hall–Kier alpha value is -2.41. The van der Waals surface area contributed by atoms with Gasteiger partial charge in [0.25, 0.3) is 0 Å². The normalized spacial score (nSPS) is 9.63. The zero-order chi connectivity index (χ0) is 13.7. The van der Waals surface area contributed by atoms with Crippen molar-refractivity contribution in [2.45, 2.75) is 6.92 Å². The number of nitrogens with zero attached hydrogens (tertiary/aromatic N) is 1. The van der Waals surface area contributed by atoms with Crippen LogP contribution >= 0.6 is 0 Å². The van der Waals surface area contributed by atoms with Gasteiger partial charge in [0.05, 0.1) is 6.61 Å². The third kappa shape index (κ3) is 3.52. The first-order chi connectivity index (χ1) is 9.19. The summed E-state index contributed by atoms with van der Waals surface area (Å²) in [5.41, 5.74) is 1.08. The van der Waals surface area contributed by atoms with Crippen molar-refractivity contribution in [3.8, 4) is 17.6 Å². The molecule has 0 aliphatic rings. The first-order valence-electron chi connectivity index (χ1n) is 5.75. The second-order valence-corrected chi connectivity index (χ2v) is 3.70. The third-order valence-electron chi connectivity index (χ3n) is 2.31. The second kappa shape index (κ2) is 5.96. The Morgan fingerprint density at radius 2 is 1.79 bits per heavy atom. The van der Waals surface area contributed by atoms with Crippen LogP contribution in [0.4, 0.5) is 8.78 Å². The minimum atomic E-state index is -1.12. The summed E-state index contributed by atoms with van der Waals surface area (Å²) in [7, 11) is 0. The quantitative estimate of drug-likeness (QED) is 0.610. The van der Waals surface area contributed by atoms with Gasteiger partial charge in [-0.05, 0) is 37.3 Å². The molecule has 0 bridgehead atoms. The van der Waals surface area contributed by atoms with Gasteiger partial charge < -0.3 is 4.74 Å². The Kier molecular flexibility index (Phi) is 4.09. The number of pyridine rings is 1. The Bertz CT molecular complexity index is 627. The molecule has 4 heteroatoms. The fourth-order valence-electron chi connectivity index (χ4n) is 1.44. The van der Waals surface area contributed by atoms with E-state index in [-0.39, 0.29) is 0 Å². The molecule has 0 unspecified atom stereocenters. The lowest BCUT2D eigenvalue weighted by Crippen LogP contribution is -1.91. The number of ether oxygens (including phenoxy) is 1. The van der Waals surface area contributed by atoms with Gasteiger partial charge in [0.1, 0.15) is 5.75 Å². The maximum absolute atomic E-state index is 12.9. The number of hydrogen-bond acceptors (Lipinski definition) is 2. The lowest BCUT2D eigenvalue weighted by Gasteiger charge is -2.01. The molecule has 0 spiro atoms. The van der Waals surface area contributed by atoms with Gasteiger partial charge in [0, 0.05) is 17.3 Å². The highest BCUT2D eigenvalue weighted by molar-refractivity contribution is 5.43. The number of rotatable bonds is 2. The molecule has 1 heterocycles. The summed E-state index contributed by atoms with van der Waals surface area (Å²) in [5, 5.41) is 0. The van der Waals surface area contributed by atoms with Gasteiger partial charge in [-0.1, -0.05) is 11.8 Å². The van der Waals surface area contributed by atoms with Crippen molar-refractivity contribution in [2.75, 3.05) is 6.61 Å². The van der Waals surface area contributed by atoms with E-state index in [0.29, 0.717) is 12.2 Å². The van der Waals surface area contributed by atoms with Crippen molar-refractivity contribution < 1.29 is 13.5 Å². The van der Waals surface area contributed by atoms with E-state index < -0.39 is 11.8 Å². The molecule has 1 aromatic carbocycles. The molecule has 2 nitrogen and oxygen atoms in total. The summed E-state index contributed by atoms with van der Waals surface area (Å²) < 4.78 is 30.9. The Morgan fingerprint density at radius 3 is 2.42 bits per heavy atom. The van der Waals surface area contributed by atoms with Crippen LogP contribution in [0, 0.1) is 23.6 Å². The maximum atomic E-state index is 12.9. The smallest absolute Gasteiger partial charge is 0.248 e. The Morgan fingerprint density at radius 1 is 1.11 bits per heavy atom. The van der Waals surface area contributed by atoms with E-state index in [1.165, 1.54) is 6.20 Å². The minimum absolute atomic E-state index is 0.327. The predicted octanol–water partition coefficient (Wildman–Crippen LogP) is 3.16. The highest BCUT2D eigenvalue weighted by Crippen LogP contribution is 2.11. The second-order valence-electron chi connectivity index (χ2n) is 3.70. The minimum Gasteiger partial charge on any atom is -0.494 e. The van der Waals surface area contributed by atoms with Crippen LogP contribution in [0.3, 0.4) is 0 Å². The van der Waals surface area contributed by atoms with Crippen LogP contribution in [-0.4, -0.2) is 11.6 Å². The number of aromatic nitrogens is 1. The van der Waals surface area contributed by atoms with Crippen LogP contribution in [0.5, 0.6) is 5.75 Å². The SMILES string of the molecule is CCOc1ccc(C#Cc2cnc(F)c(F)c2)cc1. The fraction of sp³-hybridized carbons (Fsp3) is 0.133. The third-order valence-corrected chi connectivity index (χ3v) is 2.31. The summed E-state index contributed by atoms with van der Waals surface area (Å²) >= 11 is 0. The molecule has 0 saturated carbocycles. The fourth-order valence-corrected chi connectivity index (χ4v) is 1.44. The van der Waals surface area contributed by atoms with E-state index in [2.05, 4.69) is 16.8 Å². The molecule has 1 aromatic heterocycles. The van der Waals surface area contributed by atoms with Crippen molar-refractivity contribution in [3.63, 3.8) is 0 Å². The average molecular weight is 259 g/mol. The van der Waals surface area contributed by atoms with Crippen molar-refractivity contribution in [1.82, 2.24) is 4.98 Å².